The molecule has 0 heterocycles. The molecule has 0 saturated carbocycles. The number of hydrogen-bond donors (Lipinski definition) is 1. The molecule has 0 aliphatic rings. The lowest BCUT2D eigenvalue weighted by atomic mass is 10.1. The molecule has 1 unspecified atom stereocenters. The highest BCUT2D eigenvalue weighted by Crippen LogP contribution is 2.21. The molecule has 0 spiro atoms. The molecule has 0 aliphatic carbocycles. The van der Waals surface area contributed by atoms with Gasteiger partial charge in [-0.2, -0.15) is 0 Å². The van der Waals surface area contributed by atoms with E-state index in [1.807, 2.05) is 0 Å². The summed E-state index contributed by atoms with van der Waals surface area (Å²) in [7, 11) is 1.63. The van der Waals surface area contributed by atoms with Gasteiger partial charge in [0.05, 0.1) is 12.1 Å². The van der Waals surface area contributed by atoms with Crippen LogP contribution in [0.5, 0.6) is 0 Å². The molecule has 4 heteroatoms. The number of hydrogen-bond acceptors (Lipinski definition) is 2. The minimum atomic E-state index is -0.570. The van der Waals surface area contributed by atoms with Gasteiger partial charge in [0.25, 0.3) is 0 Å². The highest BCUT2D eigenvalue weighted by Gasteiger charge is 2.21. The highest BCUT2D eigenvalue weighted by atomic mass is 19.1. The van der Waals surface area contributed by atoms with Crippen LogP contribution in [0.3, 0.4) is 0 Å². The molecule has 0 aliphatic heterocycles. The zero-order chi connectivity index (χ0) is 12.3. The van der Waals surface area contributed by atoms with Gasteiger partial charge in [-0.25, -0.2) is 4.39 Å². The van der Waals surface area contributed by atoms with Crippen LogP contribution in [0.1, 0.15) is 25.5 Å². The van der Waals surface area contributed by atoms with Crippen LogP contribution >= 0.6 is 0 Å². The quantitative estimate of drug-likeness (QED) is 0.849. The highest BCUT2D eigenvalue weighted by molar-refractivity contribution is 5.81. The van der Waals surface area contributed by atoms with E-state index in [0.29, 0.717) is 5.56 Å². The van der Waals surface area contributed by atoms with Gasteiger partial charge in [0, 0.05) is 12.6 Å². The largest absolute Gasteiger partial charge is 0.338 e. The first-order chi connectivity index (χ1) is 7.45. The number of rotatable bonds is 3. The Morgan fingerprint density at radius 3 is 2.44 bits per heavy atom. The predicted molar refractivity (Wildman–Crippen MR) is 61.2 cm³/mol. The van der Waals surface area contributed by atoms with E-state index in [-0.39, 0.29) is 17.8 Å². The number of benzene rings is 1. The van der Waals surface area contributed by atoms with Crippen molar-refractivity contribution in [3.63, 3.8) is 0 Å². The fourth-order valence-corrected chi connectivity index (χ4v) is 1.53. The zero-order valence-electron chi connectivity index (χ0n) is 9.77. The van der Waals surface area contributed by atoms with E-state index in [1.54, 1.807) is 39.1 Å². The van der Waals surface area contributed by atoms with Crippen molar-refractivity contribution < 1.29 is 9.18 Å². The number of nitrogens with zero attached hydrogens (tertiary/aromatic N) is 1. The van der Waals surface area contributed by atoms with Crippen molar-refractivity contribution in [3.05, 3.63) is 35.6 Å². The second-order valence-corrected chi connectivity index (χ2v) is 3.94. The van der Waals surface area contributed by atoms with Crippen molar-refractivity contribution >= 4 is 5.91 Å². The molecule has 16 heavy (non-hydrogen) atoms. The minimum absolute atomic E-state index is 0.198. The second kappa shape index (κ2) is 5.07. The van der Waals surface area contributed by atoms with Crippen LogP contribution in [0.4, 0.5) is 4.39 Å². The summed E-state index contributed by atoms with van der Waals surface area (Å²) in [6, 6.07) is 5.54. The van der Waals surface area contributed by atoms with Crippen LogP contribution in [0, 0.1) is 5.82 Å². The Balaban J connectivity index is 2.90. The summed E-state index contributed by atoms with van der Waals surface area (Å²) < 4.78 is 13.5. The van der Waals surface area contributed by atoms with Crippen LogP contribution in [0.15, 0.2) is 24.3 Å². The van der Waals surface area contributed by atoms with Gasteiger partial charge in [-0.05, 0) is 19.9 Å². The molecule has 88 valence electrons. The van der Waals surface area contributed by atoms with Crippen molar-refractivity contribution in [2.45, 2.75) is 25.9 Å². The molecule has 1 aromatic rings. The van der Waals surface area contributed by atoms with Crippen LogP contribution in [0.25, 0.3) is 0 Å². The van der Waals surface area contributed by atoms with Gasteiger partial charge in [0.1, 0.15) is 5.82 Å². The summed E-state index contributed by atoms with van der Waals surface area (Å²) in [5.41, 5.74) is 6.00. The van der Waals surface area contributed by atoms with E-state index in [9.17, 15) is 9.18 Å². The Morgan fingerprint density at radius 1 is 1.38 bits per heavy atom. The van der Waals surface area contributed by atoms with Gasteiger partial charge in [-0.1, -0.05) is 18.2 Å². The molecular formula is C12H17FN2O. The number of likely N-dealkylation sites (N-methyl/N-ethyl adjacent to an activating group) is 1. The fraction of sp³-hybridized carbons (Fsp3) is 0.417. The van der Waals surface area contributed by atoms with E-state index in [2.05, 4.69) is 0 Å². The molecule has 0 fully saturated rings. The summed E-state index contributed by atoms with van der Waals surface area (Å²) in [5.74, 6) is -0.505. The molecule has 0 bridgehead atoms. The number of carbonyl (C=O) groups excluding carboxylic acids is 1. The molecule has 3 nitrogen and oxygen atoms in total. The lowest BCUT2D eigenvalue weighted by Gasteiger charge is -2.27. The van der Waals surface area contributed by atoms with Crippen molar-refractivity contribution in [1.82, 2.24) is 4.90 Å². The van der Waals surface area contributed by atoms with E-state index in [1.165, 1.54) is 11.0 Å². The van der Waals surface area contributed by atoms with Crippen LogP contribution < -0.4 is 5.73 Å². The molecule has 0 saturated heterocycles. The van der Waals surface area contributed by atoms with Crippen molar-refractivity contribution in [1.29, 1.82) is 0 Å². The van der Waals surface area contributed by atoms with E-state index < -0.39 is 6.04 Å². The standard InChI is InChI=1S/C12H17FN2O/c1-8(14)12(16)15(3)9(2)10-6-4-5-7-11(10)13/h4-9H,14H2,1-3H3/t8-,9?/m1/s1. The molecule has 1 rings (SSSR count). The van der Waals surface area contributed by atoms with Gasteiger partial charge in [0.2, 0.25) is 5.91 Å². The summed E-state index contributed by atoms with van der Waals surface area (Å²) in [5, 5.41) is 0. The Hall–Kier alpha value is -1.42. The SMILES string of the molecule is CC(c1ccccc1F)N(C)C(=O)[C@@H](C)N. The zero-order valence-corrected chi connectivity index (χ0v) is 9.77. The summed E-state index contributed by atoms with van der Waals surface area (Å²) in [4.78, 5) is 13.1. The van der Waals surface area contributed by atoms with E-state index in [0.717, 1.165) is 0 Å². The third kappa shape index (κ3) is 2.58. The maximum absolute atomic E-state index is 13.5. The first-order valence-corrected chi connectivity index (χ1v) is 5.21. The minimum Gasteiger partial charge on any atom is -0.338 e. The summed E-state index contributed by atoms with van der Waals surface area (Å²) in [6.07, 6.45) is 0. The topological polar surface area (TPSA) is 46.3 Å². The molecule has 0 aromatic heterocycles. The van der Waals surface area contributed by atoms with Crippen molar-refractivity contribution in [2.24, 2.45) is 5.73 Å². The monoisotopic (exact) mass is 224 g/mol. The van der Waals surface area contributed by atoms with Crippen LogP contribution in [-0.2, 0) is 4.79 Å². The fourth-order valence-electron chi connectivity index (χ4n) is 1.53. The third-order valence-electron chi connectivity index (χ3n) is 2.67. The molecule has 1 amide bonds. The normalized spacial score (nSPS) is 14.3. The van der Waals surface area contributed by atoms with Crippen molar-refractivity contribution in [3.8, 4) is 0 Å². The Labute approximate surface area is 95.0 Å². The van der Waals surface area contributed by atoms with Gasteiger partial charge < -0.3 is 10.6 Å². The van der Waals surface area contributed by atoms with E-state index >= 15 is 0 Å². The molecule has 2 N–H and O–H groups in total. The number of halogens is 1. The number of nitrogens with two attached hydrogens (primary N) is 1. The average Bonchev–Trinajstić information content (AvgIpc) is 2.26. The summed E-state index contributed by atoms with van der Waals surface area (Å²) >= 11 is 0. The third-order valence-corrected chi connectivity index (χ3v) is 2.67. The van der Waals surface area contributed by atoms with Gasteiger partial charge in [0.15, 0.2) is 0 Å². The van der Waals surface area contributed by atoms with Gasteiger partial charge in [-0.3, -0.25) is 4.79 Å². The molecule has 0 radical (unpaired) electrons. The van der Waals surface area contributed by atoms with Crippen LogP contribution in [-0.4, -0.2) is 23.9 Å². The Morgan fingerprint density at radius 2 is 1.94 bits per heavy atom. The Bertz CT molecular complexity index is 379. The van der Waals surface area contributed by atoms with Crippen LogP contribution in [0.2, 0.25) is 0 Å². The van der Waals surface area contributed by atoms with Gasteiger partial charge in [-0.15, -0.1) is 0 Å². The number of carbonyl (C=O) groups is 1. The predicted octanol–water partition coefficient (Wildman–Crippen LogP) is 1.69. The number of amides is 1. The van der Waals surface area contributed by atoms with Gasteiger partial charge >= 0.3 is 0 Å². The summed E-state index contributed by atoms with van der Waals surface area (Å²) in [6.45, 7) is 3.39. The Kier molecular flexibility index (Phi) is 4.01. The lowest BCUT2D eigenvalue weighted by Crippen LogP contribution is -2.41. The van der Waals surface area contributed by atoms with Crippen molar-refractivity contribution in [2.75, 3.05) is 7.05 Å². The maximum Gasteiger partial charge on any atom is 0.239 e. The molecular weight excluding hydrogens is 207 g/mol. The van der Waals surface area contributed by atoms with E-state index in [4.69, 9.17) is 5.73 Å². The second-order valence-electron chi connectivity index (χ2n) is 3.94. The smallest absolute Gasteiger partial charge is 0.239 e. The lowest BCUT2D eigenvalue weighted by molar-refractivity contribution is -0.132. The average molecular weight is 224 g/mol. The molecule has 2 atom stereocenters. The first kappa shape index (κ1) is 12.6. The first-order valence-electron chi connectivity index (χ1n) is 5.21. The maximum atomic E-state index is 13.5. The molecule has 1 aromatic carbocycles.